The number of rotatable bonds is 3. The van der Waals surface area contributed by atoms with Crippen LogP contribution in [0.4, 0.5) is 0 Å². The van der Waals surface area contributed by atoms with E-state index in [1.807, 2.05) is 0 Å². The number of ether oxygens (including phenoxy) is 1. The average molecular weight is 287 g/mol. The van der Waals surface area contributed by atoms with Crippen molar-refractivity contribution in [2.75, 3.05) is 0 Å². The number of hydrogen-bond acceptors (Lipinski definition) is 2. The number of nitrogens with two attached hydrogens (primary N) is 1. The average Bonchev–Trinajstić information content (AvgIpc) is 2.75. The van der Waals surface area contributed by atoms with Gasteiger partial charge in [-0.2, -0.15) is 0 Å². The maximum atomic E-state index is 6.48. The summed E-state index contributed by atoms with van der Waals surface area (Å²) < 4.78 is 6.48. The van der Waals surface area contributed by atoms with Crippen LogP contribution in [0.25, 0.3) is 0 Å². The van der Waals surface area contributed by atoms with E-state index in [2.05, 4.69) is 38.1 Å². The lowest BCUT2D eigenvalue weighted by Crippen LogP contribution is -2.63. The van der Waals surface area contributed by atoms with Crippen molar-refractivity contribution in [3.8, 4) is 5.75 Å². The summed E-state index contributed by atoms with van der Waals surface area (Å²) in [5.41, 5.74) is 7.99. The van der Waals surface area contributed by atoms with Gasteiger partial charge in [-0.3, -0.25) is 0 Å². The van der Waals surface area contributed by atoms with Crippen molar-refractivity contribution in [2.24, 2.45) is 11.1 Å². The molecule has 2 aliphatic carbocycles. The van der Waals surface area contributed by atoms with Crippen molar-refractivity contribution < 1.29 is 4.74 Å². The van der Waals surface area contributed by atoms with Crippen LogP contribution in [-0.4, -0.2) is 12.1 Å². The van der Waals surface area contributed by atoms with E-state index in [0.29, 0.717) is 18.1 Å². The minimum absolute atomic E-state index is 0.251. The molecule has 0 amide bonds. The molecule has 0 aliphatic heterocycles. The summed E-state index contributed by atoms with van der Waals surface area (Å²) in [5.74, 6) is 1.58. The van der Waals surface area contributed by atoms with E-state index in [9.17, 15) is 0 Å². The van der Waals surface area contributed by atoms with Crippen LogP contribution in [0.1, 0.15) is 70.3 Å². The first kappa shape index (κ1) is 14.9. The fourth-order valence-electron chi connectivity index (χ4n) is 4.24. The minimum Gasteiger partial charge on any atom is -0.489 e. The van der Waals surface area contributed by atoms with Gasteiger partial charge >= 0.3 is 0 Å². The van der Waals surface area contributed by atoms with Crippen LogP contribution in [0.2, 0.25) is 0 Å². The van der Waals surface area contributed by atoms with Crippen LogP contribution in [0.3, 0.4) is 0 Å². The molecule has 1 aromatic rings. The molecule has 2 fully saturated rings. The van der Waals surface area contributed by atoms with Gasteiger partial charge < -0.3 is 10.5 Å². The number of para-hydroxylation sites is 1. The molecular formula is C19H29NO. The third-order valence-electron chi connectivity index (χ3n) is 5.69. The molecule has 21 heavy (non-hydrogen) atoms. The van der Waals surface area contributed by atoms with Crippen molar-refractivity contribution in [1.82, 2.24) is 0 Å². The van der Waals surface area contributed by atoms with E-state index in [4.69, 9.17) is 10.5 Å². The van der Waals surface area contributed by atoms with Gasteiger partial charge in [-0.05, 0) is 30.4 Å². The van der Waals surface area contributed by atoms with Gasteiger partial charge in [0.15, 0.2) is 0 Å². The van der Waals surface area contributed by atoms with Crippen LogP contribution in [0, 0.1) is 5.41 Å². The summed E-state index contributed by atoms with van der Waals surface area (Å²) in [6, 6.07) is 8.85. The second-order valence-corrected chi connectivity index (χ2v) is 7.29. The Labute approximate surface area is 129 Å². The molecule has 1 aromatic carbocycles. The van der Waals surface area contributed by atoms with Gasteiger partial charge in [-0.1, -0.05) is 57.7 Å². The molecule has 2 aliphatic rings. The molecule has 0 aromatic heterocycles. The van der Waals surface area contributed by atoms with Crippen molar-refractivity contribution in [1.29, 1.82) is 0 Å². The molecular weight excluding hydrogens is 258 g/mol. The fraction of sp³-hybridized carbons (Fsp3) is 0.684. The summed E-state index contributed by atoms with van der Waals surface area (Å²) in [6.45, 7) is 4.46. The zero-order valence-corrected chi connectivity index (χ0v) is 13.5. The van der Waals surface area contributed by atoms with Crippen LogP contribution in [-0.2, 0) is 0 Å². The maximum Gasteiger partial charge on any atom is 0.123 e. The van der Waals surface area contributed by atoms with E-state index in [1.165, 1.54) is 44.1 Å². The van der Waals surface area contributed by atoms with Crippen molar-refractivity contribution >= 4 is 0 Å². The monoisotopic (exact) mass is 287 g/mol. The van der Waals surface area contributed by atoms with Crippen LogP contribution in [0.5, 0.6) is 5.75 Å². The Kier molecular flexibility index (Phi) is 4.26. The lowest BCUT2D eigenvalue weighted by molar-refractivity contribution is -0.0774. The Morgan fingerprint density at radius 2 is 1.76 bits per heavy atom. The molecule has 0 heterocycles. The van der Waals surface area contributed by atoms with Gasteiger partial charge in [0.2, 0.25) is 0 Å². The highest BCUT2D eigenvalue weighted by atomic mass is 16.5. The zero-order chi connectivity index (χ0) is 14.9. The predicted octanol–water partition coefficient (Wildman–Crippen LogP) is 4.63. The molecule has 2 heteroatoms. The Morgan fingerprint density at radius 1 is 1.10 bits per heavy atom. The molecule has 116 valence electrons. The van der Waals surface area contributed by atoms with E-state index in [1.54, 1.807) is 0 Å². The maximum absolute atomic E-state index is 6.48. The number of benzene rings is 1. The molecule has 2 saturated carbocycles. The van der Waals surface area contributed by atoms with Crippen LogP contribution < -0.4 is 10.5 Å². The summed E-state index contributed by atoms with van der Waals surface area (Å²) in [6.07, 6.45) is 9.22. The standard InChI is InChI=1S/C19H29NO/c1-14(2)15-9-5-6-10-16(15)21-18-13-17(20)19(18)11-7-3-4-8-12-19/h5-6,9-10,14,17-18H,3-4,7-8,11-13,20H2,1-2H3. The highest BCUT2D eigenvalue weighted by Gasteiger charge is 2.54. The van der Waals surface area contributed by atoms with Crippen molar-refractivity contribution in [2.45, 2.75) is 76.9 Å². The second kappa shape index (κ2) is 6.00. The predicted molar refractivity (Wildman–Crippen MR) is 87.7 cm³/mol. The van der Waals surface area contributed by atoms with Gasteiger partial charge in [0.25, 0.3) is 0 Å². The van der Waals surface area contributed by atoms with Crippen LogP contribution >= 0.6 is 0 Å². The second-order valence-electron chi connectivity index (χ2n) is 7.29. The topological polar surface area (TPSA) is 35.2 Å². The summed E-state index contributed by atoms with van der Waals surface area (Å²) in [5, 5.41) is 0. The van der Waals surface area contributed by atoms with Crippen molar-refractivity contribution in [3.05, 3.63) is 29.8 Å². The van der Waals surface area contributed by atoms with Gasteiger partial charge in [0.05, 0.1) is 0 Å². The van der Waals surface area contributed by atoms with E-state index < -0.39 is 0 Å². The first-order valence-electron chi connectivity index (χ1n) is 8.64. The summed E-state index contributed by atoms with van der Waals surface area (Å²) in [4.78, 5) is 0. The molecule has 2 N–H and O–H groups in total. The normalized spacial score (nSPS) is 28.2. The Balaban J connectivity index is 1.79. The first-order valence-corrected chi connectivity index (χ1v) is 8.64. The van der Waals surface area contributed by atoms with E-state index in [-0.39, 0.29) is 5.41 Å². The highest BCUT2D eigenvalue weighted by Crippen LogP contribution is 2.51. The van der Waals surface area contributed by atoms with E-state index in [0.717, 1.165) is 12.2 Å². The Hall–Kier alpha value is -1.02. The largest absolute Gasteiger partial charge is 0.489 e. The van der Waals surface area contributed by atoms with E-state index >= 15 is 0 Å². The minimum atomic E-state index is 0.251. The molecule has 2 nitrogen and oxygen atoms in total. The summed E-state index contributed by atoms with van der Waals surface area (Å²) in [7, 11) is 0. The van der Waals surface area contributed by atoms with Crippen molar-refractivity contribution in [3.63, 3.8) is 0 Å². The summed E-state index contributed by atoms with van der Waals surface area (Å²) >= 11 is 0. The third-order valence-corrected chi connectivity index (χ3v) is 5.69. The van der Waals surface area contributed by atoms with Gasteiger partial charge in [0, 0.05) is 17.9 Å². The Bertz CT molecular complexity index is 474. The molecule has 1 spiro atoms. The Morgan fingerprint density at radius 3 is 2.38 bits per heavy atom. The smallest absolute Gasteiger partial charge is 0.123 e. The molecule has 0 bridgehead atoms. The molecule has 0 radical (unpaired) electrons. The lowest BCUT2D eigenvalue weighted by Gasteiger charge is -2.54. The lowest BCUT2D eigenvalue weighted by atomic mass is 9.58. The third kappa shape index (κ3) is 2.70. The quantitative estimate of drug-likeness (QED) is 0.879. The molecule has 2 atom stereocenters. The molecule has 3 rings (SSSR count). The fourth-order valence-corrected chi connectivity index (χ4v) is 4.24. The number of hydrogen-bond donors (Lipinski definition) is 1. The van der Waals surface area contributed by atoms with Crippen LogP contribution in [0.15, 0.2) is 24.3 Å². The van der Waals surface area contributed by atoms with Gasteiger partial charge in [-0.15, -0.1) is 0 Å². The van der Waals surface area contributed by atoms with Gasteiger partial charge in [-0.25, -0.2) is 0 Å². The molecule has 2 unspecified atom stereocenters. The molecule has 0 saturated heterocycles. The first-order chi connectivity index (χ1) is 10.1. The highest BCUT2D eigenvalue weighted by molar-refractivity contribution is 5.36. The zero-order valence-electron chi connectivity index (χ0n) is 13.5. The van der Waals surface area contributed by atoms with Gasteiger partial charge in [0.1, 0.15) is 11.9 Å². The SMILES string of the molecule is CC(C)c1ccccc1OC1CC(N)C12CCCCCC2.